The Kier molecular flexibility index (Phi) is 2.86. The van der Waals surface area contributed by atoms with Gasteiger partial charge < -0.3 is 14.8 Å². The van der Waals surface area contributed by atoms with E-state index in [2.05, 4.69) is 15.3 Å². The normalized spacial score (nSPS) is 10.8. The second-order valence-electron chi connectivity index (χ2n) is 4.26. The number of aromatic carboxylic acids is 1. The number of anilines is 1. The van der Waals surface area contributed by atoms with E-state index in [0.29, 0.717) is 23.1 Å². The summed E-state index contributed by atoms with van der Waals surface area (Å²) in [6.45, 7) is 2.07. The van der Waals surface area contributed by atoms with Crippen molar-refractivity contribution in [3.63, 3.8) is 0 Å². The number of imidazole rings is 1. The number of aryl methyl sites for hydroxylation is 1. The minimum atomic E-state index is -1.05. The topological polar surface area (TPSA) is 92.7 Å². The van der Waals surface area contributed by atoms with Crippen molar-refractivity contribution in [3.05, 3.63) is 47.9 Å². The summed E-state index contributed by atoms with van der Waals surface area (Å²) in [6.07, 6.45) is 3.27. The zero-order valence-corrected chi connectivity index (χ0v) is 10.7. The summed E-state index contributed by atoms with van der Waals surface area (Å²) in [7, 11) is 0. The Hall–Kier alpha value is -2.83. The van der Waals surface area contributed by atoms with E-state index in [-0.39, 0.29) is 12.2 Å². The van der Waals surface area contributed by atoms with Gasteiger partial charge in [-0.1, -0.05) is 6.07 Å². The minimum absolute atomic E-state index is 0.0869. The maximum Gasteiger partial charge on any atom is 0.356 e. The first-order valence-electron chi connectivity index (χ1n) is 6.00. The van der Waals surface area contributed by atoms with Crippen molar-refractivity contribution in [1.29, 1.82) is 0 Å². The van der Waals surface area contributed by atoms with Gasteiger partial charge in [0.1, 0.15) is 11.4 Å². The van der Waals surface area contributed by atoms with Gasteiger partial charge in [-0.2, -0.15) is 0 Å². The second-order valence-corrected chi connectivity index (χ2v) is 4.26. The van der Waals surface area contributed by atoms with Gasteiger partial charge in [-0.25, -0.2) is 14.8 Å². The third-order valence-corrected chi connectivity index (χ3v) is 2.81. The number of hydrogen-bond acceptors (Lipinski definition) is 5. The van der Waals surface area contributed by atoms with Gasteiger partial charge in [-0.15, -0.1) is 0 Å². The molecule has 3 rings (SSSR count). The fraction of sp³-hybridized carbons (Fsp3) is 0.154. The molecule has 3 aromatic heterocycles. The molecule has 3 aromatic rings. The molecule has 0 spiro atoms. The molecule has 0 atom stereocenters. The number of carbonyl (C=O) groups is 1. The number of nitrogens with one attached hydrogen (secondary N) is 1. The first kappa shape index (κ1) is 12.2. The van der Waals surface area contributed by atoms with Crippen LogP contribution in [0, 0.1) is 6.92 Å². The van der Waals surface area contributed by atoms with E-state index in [1.165, 1.54) is 4.40 Å². The number of carboxylic acid groups (broad SMARTS) is 1. The van der Waals surface area contributed by atoms with E-state index >= 15 is 0 Å². The molecule has 0 aliphatic heterocycles. The molecule has 0 saturated heterocycles. The molecule has 0 fully saturated rings. The van der Waals surface area contributed by atoms with E-state index in [0.717, 1.165) is 0 Å². The van der Waals surface area contributed by atoms with Crippen molar-refractivity contribution < 1.29 is 14.3 Å². The molecule has 0 aliphatic rings. The van der Waals surface area contributed by atoms with Crippen LogP contribution in [-0.4, -0.2) is 25.4 Å². The van der Waals surface area contributed by atoms with Crippen LogP contribution in [0.15, 0.2) is 35.0 Å². The zero-order chi connectivity index (χ0) is 14.1. The molecule has 0 amide bonds. The molecule has 0 unspecified atom stereocenters. The highest BCUT2D eigenvalue weighted by Crippen LogP contribution is 2.18. The highest BCUT2D eigenvalue weighted by atomic mass is 16.4. The summed E-state index contributed by atoms with van der Waals surface area (Å²) in [4.78, 5) is 19.7. The molecular weight excluding hydrogens is 260 g/mol. The van der Waals surface area contributed by atoms with Crippen LogP contribution >= 0.6 is 0 Å². The SMILES string of the molecule is Cc1cnc(CNc2nc3ccccn3c2C(=O)O)o1. The molecule has 0 saturated carbocycles. The van der Waals surface area contributed by atoms with Crippen molar-refractivity contribution in [2.75, 3.05) is 5.32 Å². The Balaban J connectivity index is 1.94. The number of nitrogens with zero attached hydrogens (tertiary/aromatic N) is 3. The molecule has 0 bridgehead atoms. The van der Waals surface area contributed by atoms with Crippen molar-refractivity contribution in [1.82, 2.24) is 14.4 Å². The average Bonchev–Trinajstić information content (AvgIpc) is 2.99. The molecule has 0 aromatic carbocycles. The standard InChI is InChI=1S/C13H12N4O3/c1-8-6-14-10(20-8)7-15-12-11(13(18)19)17-5-3-2-4-9(17)16-12/h2-6,15H,7H2,1H3,(H,18,19). The largest absolute Gasteiger partial charge is 0.476 e. The lowest BCUT2D eigenvalue weighted by Crippen LogP contribution is -2.08. The van der Waals surface area contributed by atoms with Crippen LogP contribution in [0.1, 0.15) is 22.1 Å². The van der Waals surface area contributed by atoms with Gasteiger partial charge in [-0.3, -0.25) is 4.40 Å². The lowest BCUT2D eigenvalue weighted by Gasteiger charge is -2.01. The van der Waals surface area contributed by atoms with Crippen molar-refractivity contribution >= 4 is 17.4 Å². The predicted molar refractivity (Wildman–Crippen MR) is 70.7 cm³/mol. The van der Waals surface area contributed by atoms with Crippen molar-refractivity contribution in [2.24, 2.45) is 0 Å². The lowest BCUT2D eigenvalue weighted by molar-refractivity contribution is 0.0690. The summed E-state index contributed by atoms with van der Waals surface area (Å²) in [5.41, 5.74) is 0.653. The maximum atomic E-state index is 11.4. The second kappa shape index (κ2) is 4.69. The number of aromatic nitrogens is 3. The third kappa shape index (κ3) is 2.09. The summed E-state index contributed by atoms with van der Waals surface area (Å²) in [5, 5.41) is 12.3. The number of fused-ring (bicyclic) bond motifs is 1. The number of rotatable bonds is 4. The first-order chi connectivity index (χ1) is 9.65. The van der Waals surface area contributed by atoms with E-state index in [9.17, 15) is 9.90 Å². The van der Waals surface area contributed by atoms with E-state index in [1.807, 2.05) is 0 Å². The first-order valence-corrected chi connectivity index (χ1v) is 6.00. The maximum absolute atomic E-state index is 11.4. The molecule has 102 valence electrons. The van der Waals surface area contributed by atoms with Gasteiger partial charge in [0.05, 0.1) is 12.7 Å². The average molecular weight is 272 g/mol. The number of hydrogen-bond donors (Lipinski definition) is 2. The monoisotopic (exact) mass is 272 g/mol. The third-order valence-electron chi connectivity index (χ3n) is 2.81. The highest BCUT2D eigenvalue weighted by Gasteiger charge is 2.18. The van der Waals surface area contributed by atoms with E-state index in [4.69, 9.17) is 4.42 Å². The quantitative estimate of drug-likeness (QED) is 0.754. The molecule has 0 radical (unpaired) electrons. The Morgan fingerprint density at radius 3 is 3.05 bits per heavy atom. The highest BCUT2D eigenvalue weighted by molar-refractivity contribution is 5.92. The molecule has 20 heavy (non-hydrogen) atoms. The Morgan fingerprint density at radius 1 is 1.50 bits per heavy atom. The van der Waals surface area contributed by atoms with Crippen LogP contribution in [-0.2, 0) is 6.54 Å². The van der Waals surface area contributed by atoms with Gasteiger partial charge in [0, 0.05) is 6.20 Å². The number of pyridine rings is 1. The predicted octanol–water partition coefficient (Wildman–Crippen LogP) is 1.94. The van der Waals surface area contributed by atoms with E-state index in [1.54, 1.807) is 37.5 Å². The summed E-state index contributed by atoms with van der Waals surface area (Å²) in [6, 6.07) is 5.30. The van der Waals surface area contributed by atoms with Gasteiger partial charge in [0.15, 0.2) is 11.5 Å². The lowest BCUT2D eigenvalue weighted by atomic mass is 10.4. The molecule has 2 N–H and O–H groups in total. The Labute approximate surface area is 113 Å². The Bertz CT molecular complexity index is 775. The van der Waals surface area contributed by atoms with E-state index < -0.39 is 5.97 Å². The number of carboxylic acids is 1. The molecule has 7 heteroatoms. The molecule has 0 aliphatic carbocycles. The van der Waals surface area contributed by atoms with Crippen LogP contribution in [0.2, 0.25) is 0 Å². The van der Waals surface area contributed by atoms with Gasteiger partial charge in [-0.05, 0) is 19.1 Å². The summed E-state index contributed by atoms with van der Waals surface area (Å²) < 4.78 is 6.84. The van der Waals surface area contributed by atoms with Gasteiger partial charge in [0.25, 0.3) is 0 Å². The molecular formula is C13H12N4O3. The minimum Gasteiger partial charge on any atom is -0.476 e. The van der Waals surface area contributed by atoms with Crippen LogP contribution in [0.4, 0.5) is 5.82 Å². The fourth-order valence-electron chi connectivity index (χ4n) is 1.97. The van der Waals surface area contributed by atoms with Gasteiger partial charge in [0.2, 0.25) is 5.89 Å². The van der Waals surface area contributed by atoms with Crippen molar-refractivity contribution in [3.8, 4) is 0 Å². The van der Waals surface area contributed by atoms with Crippen LogP contribution in [0.5, 0.6) is 0 Å². The van der Waals surface area contributed by atoms with Gasteiger partial charge >= 0.3 is 5.97 Å². The fourth-order valence-corrected chi connectivity index (χ4v) is 1.97. The zero-order valence-electron chi connectivity index (χ0n) is 10.7. The summed E-state index contributed by atoms with van der Waals surface area (Å²) >= 11 is 0. The van der Waals surface area contributed by atoms with Crippen LogP contribution < -0.4 is 5.32 Å². The smallest absolute Gasteiger partial charge is 0.356 e. The van der Waals surface area contributed by atoms with Crippen LogP contribution in [0.3, 0.4) is 0 Å². The summed E-state index contributed by atoms with van der Waals surface area (Å²) in [5.74, 6) is 0.431. The molecule has 3 heterocycles. The Morgan fingerprint density at radius 2 is 2.35 bits per heavy atom. The molecule has 7 nitrogen and oxygen atoms in total. The van der Waals surface area contributed by atoms with Crippen molar-refractivity contribution in [2.45, 2.75) is 13.5 Å². The van der Waals surface area contributed by atoms with Crippen LogP contribution in [0.25, 0.3) is 5.65 Å². The number of oxazole rings is 1.